The fourth-order valence-corrected chi connectivity index (χ4v) is 1.57. The monoisotopic (exact) mass is 251 g/mol. The molecule has 0 spiro atoms. The SMILES string of the molecule is C=C(Cl)CCC(C)(C)NC(=O)c1ccccc1. The molecule has 0 unspecified atom stereocenters. The van der Waals surface area contributed by atoms with Gasteiger partial charge in [-0.3, -0.25) is 4.79 Å². The molecule has 17 heavy (non-hydrogen) atoms. The van der Waals surface area contributed by atoms with Gasteiger partial charge in [0.05, 0.1) is 0 Å². The van der Waals surface area contributed by atoms with Gasteiger partial charge in [-0.1, -0.05) is 36.4 Å². The maximum atomic E-state index is 11.9. The zero-order valence-electron chi connectivity index (χ0n) is 10.3. The van der Waals surface area contributed by atoms with Crippen LogP contribution in [-0.4, -0.2) is 11.4 Å². The van der Waals surface area contributed by atoms with Crippen LogP contribution in [0.3, 0.4) is 0 Å². The summed E-state index contributed by atoms with van der Waals surface area (Å²) >= 11 is 5.73. The molecule has 0 saturated carbocycles. The second-order valence-corrected chi connectivity index (χ2v) is 5.26. The molecule has 1 aromatic rings. The van der Waals surface area contributed by atoms with Crippen molar-refractivity contribution >= 4 is 17.5 Å². The van der Waals surface area contributed by atoms with Crippen molar-refractivity contribution in [2.45, 2.75) is 32.2 Å². The first-order valence-corrected chi connectivity index (χ1v) is 5.99. The van der Waals surface area contributed by atoms with Crippen molar-refractivity contribution in [2.24, 2.45) is 0 Å². The number of carbonyl (C=O) groups is 1. The van der Waals surface area contributed by atoms with Gasteiger partial charge in [-0.05, 0) is 38.8 Å². The Morgan fingerprint density at radius 3 is 2.47 bits per heavy atom. The second kappa shape index (κ2) is 5.87. The number of benzene rings is 1. The minimum atomic E-state index is -0.287. The van der Waals surface area contributed by atoms with E-state index in [1.54, 1.807) is 12.1 Å². The molecule has 1 N–H and O–H groups in total. The average molecular weight is 252 g/mol. The van der Waals surface area contributed by atoms with E-state index in [1.165, 1.54) is 0 Å². The minimum absolute atomic E-state index is 0.0595. The van der Waals surface area contributed by atoms with Crippen LogP contribution in [0.4, 0.5) is 0 Å². The molecule has 0 heterocycles. The molecule has 0 fully saturated rings. The highest BCUT2D eigenvalue weighted by atomic mass is 35.5. The van der Waals surface area contributed by atoms with Crippen molar-refractivity contribution in [3.05, 3.63) is 47.5 Å². The lowest BCUT2D eigenvalue weighted by atomic mass is 9.97. The van der Waals surface area contributed by atoms with Crippen molar-refractivity contribution in [1.29, 1.82) is 0 Å². The number of allylic oxidation sites excluding steroid dienone is 1. The van der Waals surface area contributed by atoms with E-state index in [0.717, 1.165) is 6.42 Å². The molecule has 1 rings (SSSR count). The maximum Gasteiger partial charge on any atom is 0.251 e. The van der Waals surface area contributed by atoms with Crippen LogP contribution in [0, 0.1) is 0 Å². The van der Waals surface area contributed by atoms with Gasteiger partial charge in [0.25, 0.3) is 5.91 Å². The summed E-state index contributed by atoms with van der Waals surface area (Å²) < 4.78 is 0. The van der Waals surface area contributed by atoms with Gasteiger partial charge in [-0.15, -0.1) is 0 Å². The summed E-state index contributed by atoms with van der Waals surface area (Å²) in [6, 6.07) is 9.18. The molecular formula is C14H18ClNO. The minimum Gasteiger partial charge on any atom is -0.347 e. The molecule has 0 bridgehead atoms. The molecule has 3 heteroatoms. The first kappa shape index (κ1) is 13.8. The standard InChI is InChI=1S/C14H18ClNO/c1-11(15)9-10-14(2,3)16-13(17)12-7-5-4-6-8-12/h4-8H,1,9-10H2,2-3H3,(H,16,17). The lowest BCUT2D eigenvalue weighted by Crippen LogP contribution is -2.43. The molecule has 0 aromatic heterocycles. The molecule has 0 aliphatic carbocycles. The number of carbonyl (C=O) groups excluding carboxylic acids is 1. The molecule has 1 aromatic carbocycles. The van der Waals surface area contributed by atoms with Gasteiger partial charge in [0, 0.05) is 16.1 Å². The lowest BCUT2D eigenvalue weighted by Gasteiger charge is -2.26. The third kappa shape index (κ3) is 5.05. The Morgan fingerprint density at radius 2 is 1.94 bits per heavy atom. The van der Waals surface area contributed by atoms with Crippen LogP contribution in [0.15, 0.2) is 41.9 Å². The van der Waals surface area contributed by atoms with Gasteiger partial charge in [0.1, 0.15) is 0 Å². The van der Waals surface area contributed by atoms with Crippen molar-refractivity contribution < 1.29 is 4.79 Å². The van der Waals surface area contributed by atoms with Gasteiger partial charge in [0.15, 0.2) is 0 Å². The lowest BCUT2D eigenvalue weighted by molar-refractivity contribution is 0.0909. The smallest absolute Gasteiger partial charge is 0.251 e. The number of rotatable bonds is 5. The number of hydrogen-bond donors (Lipinski definition) is 1. The first-order chi connectivity index (χ1) is 7.91. The molecule has 0 saturated heterocycles. The van der Waals surface area contributed by atoms with E-state index in [4.69, 9.17) is 11.6 Å². The summed E-state index contributed by atoms with van der Waals surface area (Å²) in [5.41, 5.74) is 0.385. The maximum absolute atomic E-state index is 11.9. The number of nitrogens with one attached hydrogen (secondary N) is 1. The normalized spacial score (nSPS) is 11.0. The Kier molecular flexibility index (Phi) is 4.76. The molecule has 0 atom stereocenters. The summed E-state index contributed by atoms with van der Waals surface area (Å²) in [7, 11) is 0. The van der Waals surface area contributed by atoms with E-state index in [9.17, 15) is 4.79 Å². The number of amides is 1. The molecule has 0 aliphatic heterocycles. The molecular weight excluding hydrogens is 234 g/mol. The van der Waals surface area contributed by atoms with Crippen molar-refractivity contribution in [3.63, 3.8) is 0 Å². The second-order valence-electron chi connectivity index (χ2n) is 4.72. The predicted octanol–water partition coefficient (Wildman–Crippen LogP) is 3.73. The highest BCUT2D eigenvalue weighted by molar-refractivity contribution is 6.29. The third-order valence-corrected chi connectivity index (χ3v) is 2.70. The summed E-state index contributed by atoms with van der Waals surface area (Å²) in [6.45, 7) is 7.61. The number of halogens is 1. The predicted molar refractivity (Wildman–Crippen MR) is 72.2 cm³/mol. The first-order valence-electron chi connectivity index (χ1n) is 5.61. The Balaban J connectivity index is 2.58. The Morgan fingerprint density at radius 1 is 1.35 bits per heavy atom. The van der Waals surface area contributed by atoms with Crippen LogP contribution in [0.2, 0.25) is 0 Å². The molecule has 92 valence electrons. The summed E-state index contributed by atoms with van der Waals surface area (Å²) in [4.78, 5) is 11.9. The van der Waals surface area contributed by atoms with Gasteiger partial charge < -0.3 is 5.32 Å². The molecule has 0 aliphatic rings. The van der Waals surface area contributed by atoms with Crippen LogP contribution in [0.25, 0.3) is 0 Å². The average Bonchev–Trinajstić information content (AvgIpc) is 2.27. The van der Waals surface area contributed by atoms with E-state index >= 15 is 0 Å². The zero-order valence-corrected chi connectivity index (χ0v) is 11.1. The summed E-state index contributed by atoms with van der Waals surface area (Å²) in [6.07, 6.45) is 1.47. The summed E-state index contributed by atoms with van der Waals surface area (Å²) in [5, 5.41) is 3.61. The van der Waals surface area contributed by atoms with Crippen LogP contribution in [-0.2, 0) is 0 Å². The fraction of sp³-hybridized carbons (Fsp3) is 0.357. The number of hydrogen-bond acceptors (Lipinski definition) is 1. The largest absolute Gasteiger partial charge is 0.347 e. The van der Waals surface area contributed by atoms with E-state index < -0.39 is 0 Å². The molecule has 1 amide bonds. The quantitative estimate of drug-likeness (QED) is 0.849. The van der Waals surface area contributed by atoms with Crippen molar-refractivity contribution in [2.75, 3.05) is 0 Å². The Bertz CT molecular complexity index is 398. The Labute approximate surface area is 108 Å². The van der Waals surface area contributed by atoms with Crippen LogP contribution < -0.4 is 5.32 Å². The van der Waals surface area contributed by atoms with Gasteiger partial charge in [-0.2, -0.15) is 0 Å². The van der Waals surface area contributed by atoms with Gasteiger partial charge >= 0.3 is 0 Å². The van der Waals surface area contributed by atoms with Gasteiger partial charge in [0.2, 0.25) is 0 Å². The van der Waals surface area contributed by atoms with Crippen LogP contribution in [0.5, 0.6) is 0 Å². The van der Waals surface area contributed by atoms with E-state index in [0.29, 0.717) is 17.0 Å². The zero-order chi connectivity index (χ0) is 12.9. The highest BCUT2D eigenvalue weighted by Crippen LogP contribution is 2.17. The summed E-state index contributed by atoms with van der Waals surface area (Å²) in [5.74, 6) is -0.0595. The van der Waals surface area contributed by atoms with Crippen molar-refractivity contribution in [3.8, 4) is 0 Å². The van der Waals surface area contributed by atoms with Crippen LogP contribution in [0.1, 0.15) is 37.0 Å². The highest BCUT2D eigenvalue weighted by Gasteiger charge is 2.20. The topological polar surface area (TPSA) is 29.1 Å². The van der Waals surface area contributed by atoms with Crippen LogP contribution >= 0.6 is 11.6 Å². The van der Waals surface area contributed by atoms with E-state index in [-0.39, 0.29) is 11.4 Å². The molecule has 0 radical (unpaired) electrons. The molecule has 2 nitrogen and oxygen atoms in total. The van der Waals surface area contributed by atoms with E-state index in [2.05, 4.69) is 11.9 Å². The van der Waals surface area contributed by atoms with Crippen molar-refractivity contribution in [1.82, 2.24) is 5.32 Å². The van der Waals surface area contributed by atoms with Gasteiger partial charge in [-0.25, -0.2) is 0 Å². The fourth-order valence-electron chi connectivity index (χ4n) is 1.48. The van der Waals surface area contributed by atoms with E-state index in [1.807, 2.05) is 32.0 Å². The third-order valence-electron chi connectivity index (χ3n) is 2.51. The Hall–Kier alpha value is -1.28.